The topological polar surface area (TPSA) is 93.9 Å². The van der Waals surface area contributed by atoms with Crippen molar-refractivity contribution in [3.63, 3.8) is 0 Å². The lowest BCUT2D eigenvalue weighted by Crippen LogP contribution is -2.49. The van der Waals surface area contributed by atoms with Crippen LogP contribution in [0.3, 0.4) is 0 Å². The second kappa shape index (κ2) is 10.9. The van der Waals surface area contributed by atoms with Crippen LogP contribution in [0.1, 0.15) is 57.6 Å². The van der Waals surface area contributed by atoms with E-state index in [4.69, 9.17) is 14.0 Å². The molecule has 1 aliphatic rings. The Morgan fingerprint density at radius 3 is 2.80 bits per heavy atom. The first-order valence-corrected chi connectivity index (χ1v) is 12.7. The Hall–Kier alpha value is -3.33. The van der Waals surface area contributed by atoms with Crippen molar-refractivity contribution in [2.24, 2.45) is 0 Å². The van der Waals surface area contributed by atoms with E-state index in [1.807, 2.05) is 25.7 Å². The smallest absolute Gasteiger partial charge is 0.252 e. The van der Waals surface area contributed by atoms with Crippen LogP contribution < -0.4 is 14.8 Å². The van der Waals surface area contributed by atoms with Crippen LogP contribution in [-0.4, -0.2) is 41.6 Å². The number of methoxy groups -OCH3 is 1. The van der Waals surface area contributed by atoms with Gasteiger partial charge in [0.15, 0.2) is 11.5 Å². The lowest BCUT2D eigenvalue weighted by molar-refractivity contribution is -0.134. The molecular weight excluding hydrogens is 466 g/mol. The van der Waals surface area contributed by atoms with Crippen molar-refractivity contribution in [1.82, 2.24) is 15.4 Å². The van der Waals surface area contributed by atoms with Crippen molar-refractivity contribution in [3.05, 3.63) is 62.7 Å². The number of thiophene rings is 1. The number of amides is 2. The molecule has 0 saturated carbocycles. The zero-order valence-electron chi connectivity index (χ0n) is 20.6. The molecule has 2 amide bonds. The van der Waals surface area contributed by atoms with E-state index >= 15 is 0 Å². The maximum absolute atomic E-state index is 13.3. The molecule has 0 aliphatic carbocycles. The quantitative estimate of drug-likeness (QED) is 0.470. The third kappa shape index (κ3) is 5.51. The molecule has 3 heterocycles. The summed E-state index contributed by atoms with van der Waals surface area (Å²) in [4.78, 5) is 29.6. The van der Waals surface area contributed by atoms with Crippen molar-refractivity contribution >= 4 is 23.2 Å². The highest BCUT2D eigenvalue weighted by molar-refractivity contribution is 7.10. The van der Waals surface area contributed by atoms with Crippen LogP contribution >= 0.6 is 11.3 Å². The van der Waals surface area contributed by atoms with Crippen LogP contribution in [0.2, 0.25) is 0 Å². The van der Waals surface area contributed by atoms with Crippen LogP contribution in [0.25, 0.3) is 0 Å². The highest BCUT2D eigenvalue weighted by Crippen LogP contribution is 2.30. The van der Waals surface area contributed by atoms with Crippen LogP contribution in [0.4, 0.5) is 0 Å². The van der Waals surface area contributed by atoms with Crippen molar-refractivity contribution < 1.29 is 23.6 Å². The first-order valence-electron chi connectivity index (χ1n) is 11.8. The molecule has 186 valence electrons. The second-order valence-corrected chi connectivity index (χ2v) is 9.65. The van der Waals surface area contributed by atoms with Crippen LogP contribution in [-0.2, 0) is 24.4 Å². The zero-order chi connectivity index (χ0) is 24.9. The number of benzene rings is 1. The number of aryl methyl sites for hydroxylation is 2. The summed E-state index contributed by atoms with van der Waals surface area (Å²) in [5.74, 6) is 1.28. The molecule has 8 nitrogen and oxygen atoms in total. The van der Waals surface area contributed by atoms with Gasteiger partial charge in [0.05, 0.1) is 18.4 Å². The van der Waals surface area contributed by atoms with Gasteiger partial charge < -0.3 is 24.2 Å². The summed E-state index contributed by atoms with van der Waals surface area (Å²) in [7, 11) is 1.53. The standard InChI is InChI=1S/C26H31N3O5S/c1-5-6-21(26(31)29-11-9-24-19(14-29)10-12-35-24)27-25(30)18-7-8-22(23(13-18)32-4)33-15-20-16(2)28-34-17(20)3/h7-8,10,12-13,21H,5-6,9,11,14-15H2,1-4H3,(H,27,30). The number of rotatable bonds is 9. The minimum Gasteiger partial charge on any atom is -0.493 e. The number of aromatic nitrogens is 1. The molecule has 0 spiro atoms. The van der Waals surface area contributed by atoms with Gasteiger partial charge in [0, 0.05) is 23.5 Å². The van der Waals surface area contributed by atoms with E-state index in [9.17, 15) is 9.59 Å². The number of ether oxygens (including phenoxy) is 2. The molecule has 1 unspecified atom stereocenters. The summed E-state index contributed by atoms with van der Waals surface area (Å²) in [5.41, 5.74) is 3.25. The molecule has 0 bridgehead atoms. The normalized spacial score (nSPS) is 13.8. The molecule has 35 heavy (non-hydrogen) atoms. The number of fused-ring (bicyclic) bond motifs is 1. The number of hydrogen-bond donors (Lipinski definition) is 1. The number of nitrogens with zero attached hydrogens (tertiary/aromatic N) is 2. The largest absolute Gasteiger partial charge is 0.493 e. The predicted molar refractivity (Wildman–Crippen MR) is 133 cm³/mol. The average Bonchev–Trinajstić information content (AvgIpc) is 3.47. The van der Waals surface area contributed by atoms with E-state index < -0.39 is 6.04 Å². The average molecular weight is 498 g/mol. The Kier molecular flexibility index (Phi) is 7.75. The van der Waals surface area contributed by atoms with E-state index in [0.29, 0.717) is 42.3 Å². The fraction of sp³-hybridized carbons (Fsp3) is 0.423. The van der Waals surface area contributed by atoms with E-state index in [1.165, 1.54) is 17.6 Å². The molecule has 0 radical (unpaired) electrons. The Labute approximate surface area is 209 Å². The second-order valence-electron chi connectivity index (χ2n) is 8.65. The van der Waals surface area contributed by atoms with E-state index in [2.05, 4.69) is 21.9 Å². The molecule has 1 N–H and O–H groups in total. The summed E-state index contributed by atoms with van der Waals surface area (Å²) >= 11 is 1.74. The molecule has 1 aliphatic heterocycles. The van der Waals surface area contributed by atoms with Crippen molar-refractivity contribution in [2.75, 3.05) is 13.7 Å². The Balaban J connectivity index is 1.43. The Bertz CT molecular complexity index is 1180. The van der Waals surface area contributed by atoms with E-state index in [-0.39, 0.29) is 18.4 Å². The number of carbonyl (C=O) groups excluding carboxylic acids is 2. The maximum Gasteiger partial charge on any atom is 0.252 e. The van der Waals surface area contributed by atoms with Crippen LogP contribution in [0.5, 0.6) is 11.5 Å². The first kappa shape index (κ1) is 24.8. The van der Waals surface area contributed by atoms with Gasteiger partial charge in [-0.25, -0.2) is 0 Å². The lowest BCUT2D eigenvalue weighted by atomic mass is 10.1. The van der Waals surface area contributed by atoms with Gasteiger partial charge in [-0.1, -0.05) is 18.5 Å². The molecule has 2 aromatic heterocycles. The van der Waals surface area contributed by atoms with Gasteiger partial charge in [-0.15, -0.1) is 11.3 Å². The third-order valence-corrected chi connectivity index (χ3v) is 7.30. The summed E-state index contributed by atoms with van der Waals surface area (Å²) in [6.07, 6.45) is 2.22. The molecule has 0 fully saturated rings. The minimum absolute atomic E-state index is 0.0385. The number of carbonyl (C=O) groups is 2. The highest BCUT2D eigenvalue weighted by atomic mass is 32.1. The molecule has 1 aromatic carbocycles. The van der Waals surface area contributed by atoms with E-state index in [1.54, 1.807) is 29.5 Å². The molecule has 0 saturated heterocycles. The van der Waals surface area contributed by atoms with Gasteiger partial charge >= 0.3 is 0 Å². The number of nitrogens with one attached hydrogen (secondary N) is 1. The van der Waals surface area contributed by atoms with Crippen molar-refractivity contribution in [2.45, 2.75) is 59.2 Å². The molecular formula is C26H31N3O5S. The molecule has 3 aromatic rings. The lowest BCUT2D eigenvalue weighted by Gasteiger charge is -2.31. The van der Waals surface area contributed by atoms with Crippen LogP contribution in [0, 0.1) is 13.8 Å². The Morgan fingerprint density at radius 1 is 1.26 bits per heavy atom. The molecule has 9 heteroatoms. The van der Waals surface area contributed by atoms with Gasteiger partial charge in [-0.2, -0.15) is 0 Å². The fourth-order valence-electron chi connectivity index (χ4n) is 4.23. The van der Waals surface area contributed by atoms with Gasteiger partial charge in [0.2, 0.25) is 5.91 Å². The van der Waals surface area contributed by atoms with Gasteiger partial charge in [0.25, 0.3) is 5.91 Å². The maximum atomic E-state index is 13.3. The summed E-state index contributed by atoms with van der Waals surface area (Å²) in [6.45, 7) is 7.25. The Morgan fingerprint density at radius 2 is 2.09 bits per heavy atom. The first-order chi connectivity index (χ1) is 16.9. The molecule has 4 rings (SSSR count). The van der Waals surface area contributed by atoms with E-state index in [0.717, 1.165) is 24.1 Å². The van der Waals surface area contributed by atoms with Gasteiger partial charge in [-0.05, 0) is 61.9 Å². The van der Waals surface area contributed by atoms with Crippen LogP contribution in [0.15, 0.2) is 34.2 Å². The van der Waals surface area contributed by atoms with Gasteiger partial charge in [0.1, 0.15) is 18.4 Å². The fourth-order valence-corrected chi connectivity index (χ4v) is 5.12. The summed E-state index contributed by atoms with van der Waals surface area (Å²) < 4.78 is 16.6. The minimum atomic E-state index is -0.575. The monoisotopic (exact) mass is 497 g/mol. The summed E-state index contributed by atoms with van der Waals surface area (Å²) in [6, 6.07) is 6.50. The summed E-state index contributed by atoms with van der Waals surface area (Å²) in [5, 5.41) is 8.95. The van der Waals surface area contributed by atoms with Crippen molar-refractivity contribution in [3.8, 4) is 11.5 Å². The van der Waals surface area contributed by atoms with Crippen molar-refractivity contribution in [1.29, 1.82) is 0 Å². The van der Waals surface area contributed by atoms with Gasteiger partial charge in [-0.3, -0.25) is 9.59 Å². The highest BCUT2D eigenvalue weighted by Gasteiger charge is 2.29. The predicted octanol–water partition coefficient (Wildman–Crippen LogP) is 4.42. The number of hydrogen-bond acceptors (Lipinski definition) is 7. The zero-order valence-corrected chi connectivity index (χ0v) is 21.4. The third-order valence-electron chi connectivity index (χ3n) is 6.28. The molecule has 1 atom stereocenters. The SMILES string of the molecule is CCCC(NC(=O)c1ccc(OCc2c(C)noc2C)c(OC)c1)C(=O)N1CCc2sccc2C1.